The largest absolute Gasteiger partial charge is 0.161 e. The Morgan fingerprint density at radius 2 is 1.65 bits per heavy atom. The molecule has 0 aliphatic carbocycles. The first kappa shape index (κ1) is 15.5. The Morgan fingerprint density at radius 1 is 1.00 bits per heavy atom. The molecule has 17 heavy (non-hydrogen) atoms. The standard InChI is InChI=1S/C15H30BS/c1-5-15(4)9-7-11-16-10-6-8-14(2,3)12-17-13-15/h5-13H2,1-4H3. The van der Waals surface area contributed by atoms with E-state index in [0.717, 1.165) is 0 Å². The number of thioether (sulfide) groups is 1. The fourth-order valence-corrected chi connectivity index (χ4v) is 4.18. The quantitative estimate of drug-likeness (QED) is 0.573. The third-order valence-electron chi connectivity index (χ3n) is 4.25. The molecule has 2 heteroatoms. The van der Waals surface area contributed by atoms with Crippen LogP contribution >= 0.6 is 11.8 Å². The summed E-state index contributed by atoms with van der Waals surface area (Å²) < 4.78 is 0. The second kappa shape index (κ2) is 7.11. The molecule has 1 unspecified atom stereocenters. The summed E-state index contributed by atoms with van der Waals surface area (Å²) >= 11 is 2.20. The van der Waals surface area contributed by atoms with Crippen LogP contribution in [0, 0.1) is 10.8 Å². The molecule has 1 saturated heterocycles. The number of rotatable bonds is 1. The molecule has 1 aliphatic rings. The van der Waals surface area contributed by atoms with Crippen molar-refractivity contribution in [3.8, 4) is 0 Å². The van der Waals surface area contributed by atoms with Gasteiger partial charge in [-0.1, -0.05) is 53.2 Å². The highest BCUT2D eigenvalue weighted by Crippen LogP contribution is 2.36. The molecule has 0 bridgehead atoms. The zero-order valence-electron chi connectivity index (χ0n) is 12.3. The van der Waals surface area contributed by atoms with Crippen LogP contribution in [0.4, 0.5) is 0 Å². The van der Waals surface area contributed by atoms with Crippen molar-refractivity contribution in [2.75, 3.05) is 11.5 Å². The van der Waals surface area contributed by atoms with Crippen LogP contribution in [0.15, 0.2) is 0 Å². The summed E-state index contributed by atoms with van der Waals surface area (Å²) in [5.74, 6) is 2.69. The fourth-order valence-electron chi connectivity index (χ4n) is 2.54. The summed E-state index contributed by atoms with van der Waals surface area (Å²) in [6, 6.07) is 0. The van der Waals surface area contributed by atoms with Gasteiger partial charge in [-0.25, -0.2) is 0 Å². The monoisotopic (exact) mass is 253 g/mol. The van der Waals surface area contributed by atoms with Crippen molar-refractivity contribution in [2.24, 2.45) is 10.8 Å². The molecule has 0 saturated carbocycles. The second-order valence-corrected chi connectivity index (χ2v) is 7.88. The number of hydrogen-bond acceptors (Lipinski definition) is 1. The van der Waals surface area contributed by atoms with Crippen molar-refractivity contribution in [3.63, 3.8) is 0 Å². The van der Waals surface area contributed by atoms with Crippen LogP contribution in [0.3, 0.4) is 0 Å². The van der Waals surface area contributed by atoms with E-state index >= 15 is 0 Å². The molecule has 1 atom stereocenters. The van der Waals surface area contributed by atoms with Crippen molar-refractivity contribution in [2.45, 2.75) is 72.4 Å². The van der Waals surface area contributed by atoms with Gasteiger partial charge in [0.05, 0.1) is 0 Å². The van der Waals surface area contributed by atoms with E-state index in [2.05, 4.69) is 46.7 Å². The summed E-state index contributed by atoms with van der Waals surface area (Å²) in [6.07, 6.45) is 9.58. The van der Waals surface area contributed by atoms with Crippen molar-refractivity contribution in [1.82, 2.24) is 0 Å². The Labute approximate surface area is 114 Å². The van der Waals surface area contributed by atoms with Gasteiger partial charge in [0.25, 0.3) is 0 Å². The van der Waals surface area contributed by atoms with E-state index in [4.69, 9.17) is 0 Å². The summed E-state index contributed by atoms with van der Waals surface area (Å²) in [5, 5.41) is 0. The topological polar surface area (TPSA) is 0 Å². The van der Waals surface area contributed by atoms with Crippen LogP contribution < -0.4 is 0 Å². The summed E-state index contributed by atoms with van der Waals surface area (Å²) in [6.45, 7) is 9.73. The fraction of sp³-hybridized carbons (Fsp3) is 1.00. The normalized spacial score (nSPS) is 32.0. The molecule has 1 radical (unpaired) electrons. The van der Waals surface area contributed by atoms with Gasteiger partial charge in [0.2, 0.25) is 0 Å². The van der Waals surface area contributed by atoms with Crippen molar-refractivity contribution in [1.29, 1.82) is 0 Å². The van der Waals surface area contributed by atoms with E-state index in [1.54, 1.807) is 0 Å². The molecule has 0 amide bonds. The van der Waals surface area contributed by atoms with Crippen LogP contribution in [0.5, 0.6) is 0 Å². The van der Waals surface area contributed by atoms with Crippen LogP contribution in [-0.4, -0.2) is 18.8 Å². The maximum absolute atomic E-state index is 2.53. The van der Waals surface area contributed by atoms with E-state index in [9.17, 15) is 0 Å². The predicted octanol–water partition coefficient (Wildman–Crippen LogP) is 5.28. The van der Waals surface area contributed by atoms with Gasteiger partial charge in [0, 0.05) is 0 Å². The Balaban J connectivity index is 2.50. The Kier molecular flexibility index (Phi) is 6.48. The number of hydrogen-bond donors (Lipinski definition) is 0. The van der Waals surface area contributed by atoms with E-state index < -0.39 is 0 Å². The van der Waals surface area contributed by atoms with E-state index in [1.165, 1.54) is 56.3 Å². The van der Waals surface area contributed by atoms with Gasteiger partial charge in [-0.3, -0.25) is 0 Å². The highest BCUT2D eigenvalue weighted by Gasteiger charge is 2.24. The lowest BCUT2D eigenvalue weighted by atomic mass is 9.66. The molecule has 1 fully saturated rings. The minimum absolute atomic E-state index is 0.534. The zero-order chi connectivity index (χ0) is 12.8. The van der Waals surface area contributed by atoms with Crippen molar-refractivity contribution < 1.29 is 0 Å². The molecule has 0 N–H and O–H groups in total. The molecular formula is C15H30BS. The maximum Gasteiger partial charge on any atom is 0.109 e. The Morgan fingerprint density at radius 3 is 2.29 bits per heavy atom. The summed E-state index contributed by atoms with van der Waals surface area (Å²) in [5.41, 5.74) is 1.11. The van der Waals surface area contributed by atoms with Gasteiger partial charge in [-0.05, 0) is 41.6 Å². The lowest BCUT2D eigenvalue weighted by Gasteiger charge is -2.31. The second-order valence-electron chi connectivity index (χ2n) is 6.89. The minimum Gasteiger partial charge on any atom is -0.161 e. The third-order valence-corrected chi connectivity index (χ3v) is 6.13. The smallest absolute Gasteiger partial charge is 0.109 e. The van der Waals surface area contributed by atoms with Gasteiger partial charge in [-0.15, -0.1) is 0 Å². The molecule has 0 spiro atoms. The lowest BCUT2D eigenvalue weighted by molar-refractivity contribution is 0.324. The first-order valence-corrected chi connectivity index (χ1v) is 8.52. The minimum atomic E-state index is 0.534. The third kappa shape index (κ3) is 6.22. The Hall–Kier alpha value is 0.415. The first-order valence-electron chi connectivity index (χ1n) is 7.37. The van der Waals surface area contributed by atoms with Crippen LogP contribution in [0.1, 0.15) is 59.8 Å². The van der Waals surface area contributed by atoms with E-state index in [1.807, 2.05) is 0 Å². The van der Waals surface area contributed by atoms with E-state index in [-0.39, 0.29) is 0 Å². The van der Waals surface area contributed by atoms with Crippen molar-refractivity contribution >= 4 is 19.0 Å². The summed E-state index contributed by atoms with van der Waals surface area (Å²) in [4.78, 5) is 0. The molecule has 1 aliphatic heterocycles. The average molecular weight is 253 g/mol. The molecule has 0 aromatic rings. The van der Waals surface area contributed by atoms with Crippen molar-refractivity contribution in [3.05, 3.63) is 0 Å². The highest BCUT2D eigenvalue weighted by atomic mass is 32.2. The summed E-state index contributed by atoms with van der Waals surface area (Å²) in [7, 11) is 2.53. The maximum atomic E-state index is 2.53. The van der Waals surface area contributed by atoms with Crippen LogP contribution in [0.25, 0.3) is 0 Å². The Bertz CT molecular complexity index is 215. The lowest BCUT2D eigenvalue weighted by Crippen LogP contribution is -2.22. The van der Waals surface area contributed by atoms with Gasteiger partial charge in [0.1, 0.15) is 7.28 Å². The molecule has 99 valence electrons. The molecule has 1 heterocycles. The zero-order valence-corrected chi connectivity index (χ0v) is 13.2. The van der Waals surface area contributed by atoms with Gasteiger partial charge in [0.15, 0.2) is 0 Å². The molecule has 0 aromatic heterocycles. The molecule has 0 aromatic carbocycles. The van der Waals surface area contributed by atoms with Gasteiger partial charge in [-0.2, -0.15) is 11.8 Å². The van der Waals surface area contributed by atoms with Gasteiger partial charge < -0.3 is 0 Å². The van der Waals surface area contributed by atoms with Crippen LogP contribution in [-0.2, 0) is 0 Å². The average Bonchev–Trinajstić information content (AvgIpc) is 2.26. The van der Waals surface area contributed by atoms with E-state index in [0.29, 0.717) is 10.8 Å². The first-order chi connectivity index (χ1) is 7.97. The molecule has 1 rings (SSSR count). The highest BCUT2D eigenvalue weighted by molar-refractivity contribution is 7.99. The molecular weight excluding hydrogens is 223 g/mol. The predicted molar refractivity (Wildman–Crippen MR) is 83.3 cm³/mol. The van der Waals surface area contributed by atoms with Gasteiger partial charge >= 0.3 is 0 Å². The molecule has 0 nitrogen and oxygen atoms in total. The SMILES string of the molecule is CCC1(C)CCC[B]CCCC(C)(C)CSC1. The van der Waals surface area contributed by atoms with Crippen LogP contribution in [0.2, 0.25) is 12.6 Å².